The van der Waals surface area contributed by atoms with Crippen LogP contribution in [0.5, 0.6) is 5.75 Å². The first-order chi connectivity index (χ1) is 8.71. The van der Waals surface area contributed by atoms with Gasteiger partial charge in [-0.1, -0.05) is 0 Å². The molecule has 6 nitrogen and oxygen atoms in total. The average Bonchev–Trinajstić information content (AvgIpc) is 2.64. The smallest absolute Gasteiger partial charge is 0.458 e. The number of carbonyl (C=O) groups excluding carboxylic acids is 1. The first-order valence-electron chi connectivity index (χ1n) is 4.73. The Morgan fingerprint density at radius 3 is 2.53 bits per heavy atom. The number of carbonyl (C=O) groups is 1. The molecule has 1 aromatic carbocycles. The summed E-state index contributed by atoms with van der Waals surface area (Å²) < 4.78 is 41.2. The van der Waals surface area contributed by atoms with E-state index in [4.69, 9.17) is 0 Å². The van der Waals surface area contributed by atoms with Crippen LogP contribution < -0.4 is 0 Å². The summed E-state index contributed by atoms with van der Waals surface area (Å²) in [5, 5.41) is 19.7. The van der Waals surface area contributed by atoms with Crippen molar-refractivity contribution < 1.29 is 32.4 Å². The Labute approximate surface area is 102 Å². The number of non-ortho nitro benzene ring substituents is 1. The standard InChI is InChI=1S/C10H4F3NO5/c11-10(12,13)9(16)8-7(15)5-3-4(14(17)18)1-2-6(5)19-8/h1-3,15H. The second-order valence-corrected chi connectivity index (χ2v) is 3.54. The van der Waals surface area contributed by atoms with Crippen LogP contribution in [-0.2, 0) is 0 Å². The Balaban J connectivity index is 2.64. The first-order valence-corrected chi connectivity index (χ1v) is 4.73. The SMILES string of the molecule is O=C(c1oc2ccc([N+](=O)[O-])cc2c1O)C(F)(F)F. The molecule has 1 N–H and O–H groups in total. The van der Waals surface area contributed by atoms with Gasteiger partial charge in [0.15, 0.2) is 5.75 Å². The summed E-state index contributed by atoms with van der Waals surface area (Å²) >= 11 is 0. The third kappa shape index (κ3) is 2.09. The van der Waals surface area contributed by atoms with Crippen molar-refractivity contribution in [2.24, 2.45) is 0 Å². The number of Topliss-reactive ketones (excluding diaryl/α,β-unsaturated/α-hetero) is 1. The molecule has 2 rings (SSSR count). The quantitative estimate of drug-likeness (QED) is 0.516. The maximum Gasteiger partial charge on any atom is 0.458 e. The number of aromatic hydroxyl groups is 1. The molecule has 0 aliphatic carbocycles. The van der Waals surface area contributed by atoms with E-state index in [9.17, 15) is 33.2 Å². The molecule has 100 valence electrons. The normalized spacial score (nSPS) is 11.7. The van der Waals surface area contributed by atoms with Gasteiger partial charge < -0.3 is 9.52 Å². The second kappa shape index (κ2) is 3.97. The van der Waals surface area contributed by atoms with Gasteiger partial charge in [-0.3, -0.25) is 14.9 Å². The van der Waals surface area contributed by atoms with Crippen LogP contribution in [0.1, 0.15) is 10.6 Å². The van der Waals surface area contributed by atoms with Crippen LogP contribution in [0.15, 0.2) is 22.6 Å². The second-order valence-electron chi connectivity index (χ2n) is 3.54. The summed E-state index contributed by atoms with van der Waals surface area (Å²) in [5.41, 5.74) is -0.703. The number of alkyl halides is 3. The lowest BCUT2D eigenvalue weighted by atomic mass is 10.2. The number of nitro groups is 1. The van der Waals surface area contributed by atoms with Crippen molar-refractivity contribution in [3.05, 3.63) is 34.1 Å². The molecule has 0 bridgehead atoms. The van der Waals surface area contributed by atoms with Crippen LogP contribution in [-0.4, -0.2) is 22.0 Å². The van der Waals surface area contributed by atoms with E-state index < -0.39 is 34.1 Å². The molecule has 0 saturated carbocycles. The fraction of sp³-hybridized carbons (Fsp3) is 0.100. The molecule has 0 amide bonds. The topological polar surface area (TPSA) is 93.6 Å². The van der Waals surface area contributed by atoms with Crippen molar-refractivity contribution >= 4 is 22.4 Å². The number of nitrogens with zero attached hydrogens (tertiary/aromatic N) is 1. The Morgan fingerprint density at radius 1 is 1.37 bits per heavy atom. The minimum atomic E-state index is -5.21. The van der Waals surface area contributed by atoms with Gasteiger partial charge in [0.1, 0.15) is 5.58 Å². The molecule has 0 fully saturated rings. The van der Waals surface area contributed by atoms with E-state index in [1.807, 2.05) is 0 Å². The van der Waals surface area contributed by atoms with E-state index in [0.29, 0.717) is 0 Å². The van der Waals surface area contributed by atoms with Crippen molar-refractivity contribution in [2.75, 3.05) is 0 Å². The van der Waals surface area contributed by atoms with Crippen molar-refractivity contribution in [1.82, 2.24) is 0 Å². The number of hydrogen-bond donors (Lipinski definition) is 1. The zero-order valence-corrected chi connectivity index (χ0v) is 8.89. The molecule has 0 atom stereocenters. The highest BCUT2D eigenvalue weighted by Gasteiger charge is 2.43. The summed E-state index contributed by atoms with van der Waals surface area (Å²) in [6.07, 6.45) is -5.21. The van der Waals surface area contributed by atoms with Crippen LogP contribution in [0, 0.1) is 10.1 Å². The summed E-state index contributed by atoms with van der Waals surface area (Å²) in [5.74, 6) is -4.71. The fourth-order valence-corrected chi connectivity index (χ4v) is 1.47. The number of furan rings is 1. The van der Waals surface area contributed by atoms with Gasteiger partial charge in [-0.15, -0.1) is 0 Å². The largest absolute Gasteiger partial charge is 0.504 e. The molecule has 0 aliphatic rings. The number of nitro benzene ring substituents is 1. The molecule has 1 aromatic heterocycles. The van der Waals surface area contributed by atoms with E-state index >= 15 is 0 Å². The van der Waals surface area contributed by atoms with E-state index in [1.165, 1.54) is 0 Å². The van der Waals surface area contributed by atoms with E-state index in [1.54, 1.807) is 0 Å². The molecule has 0 aliphatic heterocycles. The molecular weight excluding hydrogens is 271 g/mol. The number of benzene rings is 1. The third-order valence-corrected chi connectivity index (χ3v) is 2.32. The maximum atomic E-state index is 12.2. The highest BCUT2D eigenvalue weighted by molar-refractivity contribution is 6.05. The van der Waals surface area contributed by atoms with Gasteiger partial charge in [-0.2, -0.15) is 13.2 Å². The minimum Gasteiger partial charge on any atom is -0.504 e. The summed E-state index contributed by atoms with van der Waals surface area (Å²) in [6, 6.07) is 2.80. The molecule has 19 heavy (non-hydrogen) atoms. The maximum absolute atomic E-state index is 12.2. The van der Waals surface area contributed by atoms with Gasteiger partial charge in [0.25, 0.3) is 5.69 Å². The number of rotatable bonds is 2. The monoisotopic (exact) mass is 275 g/mol. The van der Waals surface area contributed by atoms with Crippen LogP contribution >= 0.6 is 0 Å². The van der Waals surface area contributed by atoms with Gasteiger partial charge in [0.2, 0.25) is 5.76 Å². The Morgan fingerprint density at radius 2 is 2.00 bits per heavy atom. The fourth-order valence-electron chi connectivity index (χ4n) is 1.47. The van der Waals surface area contributed by atoms with Crippen molar-refractivity contribution in [1.29, 1.82) is 0 Å². The minimum absolute atomic E-state index is 0.254. The van der Waals surface area contributed by atoms with Gasteiger partial charge in [-0.25, -0.2) is 0 Å². The summed E-state index contributed by atoms with van der Waals surface area (Å²) in [4.78, 5) is 20.7. The van der Waals surface area contributed by atoms with Crippen molar-refractivity contribution in [3.63, 3.8) is 0 Å². The average molecular weight is 275 g/mol. The Kier molecular flexibility index (Phi) is 2.69. The van der Waals surface area contributed by atoms with Crippen LogP contribution in [0.25, 0.3) is 11.0 Å². The summed E-state index contributed by atoms with van der Waals surface area (Å²) in [6.45, 7) is 0. The zero-order chi connectivity index (χ0) is 14.4. The molecule has 0 spiro atoms. The molecular formula is C10H4F3NO5. The highest BCUT2D eigenvalue weighted by atomic mass is 19.4. The predicted molar refractivity (Wildman–Crippen MR) is 54.9 cm³/mol. The Hall–Kier alpha value is -2.58. The molecule has 2 aromatic rings. The Bertz CT molecular complexity index is 688. The van der Waals surface area contributed by atoms with Crippen molar-refractivity contribution in [2.45, 2.75) is 6.18 Å². The zero-order valence-electron chi connectivity index (χ0n) is 8.89. The van der Waals surface area contributed by atoms with Crippen LogP contribution in [0.3, 0.4) is 0 Å². The molecule has 0 radical (unpaired) electrons. The predicted octanol–water partition coefficient (Wildman–Crippen LogP) is 2.79. The van der Waals surface area contributed by atoms with E-state index in [0.717, 1.165) is 18.2 Å². The number of fused-ring (bicyclic) bond motifs is 1. The third-order valence-electron chi connectivity index (χ3n) is 2.32. The molecule has 9 heteroatoms. The van der Waals surface area contributed by atoms with Crippen LogP contribution in [0.2, 0.25) is 0 Å². The van der Waals surface area contributed by atoms with Crippen LogP contribution in [0.4, 0.5) is 18.9 Å². The molecule has 0 unspecified atom stereocenters. The summed E-state index contributed by atoms with van der Waals surface area (Å²) in [7, 11) is 0. The number of ketones is 1. The number of halogens is 3. The lowest BCUT2D eigenvalue weighted by Gasteiger charge is -2.01. The van der Waals surface area contributed by atoms with Gasteiger partial charge in [0.05, 0.1) is 10.3 Å². The van der Waals surface area contributed by atoms with Gasteiger partial charge in [0, 0.05) is 12.1 Å². The van der Waals surface area contributed by atoms with Crippen molar-refractivity contribution in [3.8, 4) is 5.75 Å². The van der Waals surface area contributed by atoms with E-state index in [-0.39, 0.29) is 11.0 Å². The van der Waals surface area contributed by atoms with Gasteiger partial charge >= 0.3 is 12.0 Å². The number of hydrogen-bond acceptors (Lipinski definition) is 5. The highest BCUT2D eigenvalue weighted by Crippen LogP contribution is 2.37. The lowest BCUT2D eigenvalue weighted by Crippen LogP contribution is -2.22. The first kappa shape index (κ1) is 12.9. The molecule has 1 heterocycles. The lowest BCUT2D eigenvalue weighted by molar-refractivity contribution is -0.384. The molecule has 0 saturated heterocycles. The van der Waals surface area contributed by atoms with Gasteiger partial charge in [-0.05, 0) is 6.07 Å². The van der Waals surface area contributed by atoms with E-state index in [2.05, 4.69) is 4.42 Å².